The number of hydrogen-bond acceptors (Lipinski definition) is 5. The van der Waals surface area contributed by atoms with E-state index >= 15 is 0 Å². The number of hydrogen-bond donors (Lipinski definition) is 2. The zero-order valence-electron chi connectivity index (χ0n) is 17.2. The van der Waals surface area contributed by atoms with Crippen molar-refractivity contribution >= 4 is 21.8 Å². The van der Waals surface area contributed by atoms with E-state index in [0.29, 0.717) is 29.0 Å². The Morgan fingerprint density at radius 2 is 1.71 bits per heavy atom. The van der Waals surface area contributed by atoms with Crippen molar-refractivity contribution in [3.05, 3.63) is 83.9 Å². The quantitative estimate of drug-likeness (QED) is 0.451. The molecule has 0 atom stereocenters. The van der Waals surface area contributed by atoms with Gasteiger partial charge in [0.1, 0.15) is 11.6 Å². The molecule has 0 unspecified atom stereocenters. The van der Waals surface area contributed by atoms with Gasteiger partial charge in [-0.1, -0.05) is 48.5 Å². The Morgan fingerprint density at radius 1 is 1.03 bits per heavy atom. The van der Waals surface area contributed by atoms with Gasteiger partial charge in [0.05, 0.1) is 4.90 Å². The molecule has 1 amide bonds. The number of benzene rings is 3. The summed E-state index contributed by atoms with van der Waals surface area (Å²) in [6, 6.07) is 20.5. The van der Waals surface area contributed by atoms with Gasteiger partial charge in [-0.25, -0.2) is 13.2 Å². The van der Waals surface area contributed by atoms with Crippen molar-refractivity contribution in [3.63, 3.8) is 0 Å². The molecule has 0 aliphatic rings. The monoisotopic (exact) mass is 437 g/mol. The smallest absolute Gasteiger partial charge is 0.410 e. The maximum Gasteiger partial charge on any atom is 0.415 e. The highest BCUT2D eigenvalue weighted by Crippen LogP contribution is 2.28. The third-order valence-electron chi connectivity index (χ3n) is 4.63. The Hall–Kier alpha value is -3.65. The van der Waals surface area contributed by atoms with Crippen LogP contribution < -0.4 is 10.5 Å². The largest absolute Gasteiger partial charge is 0.415 e. The van der Waals surface area contributed by atoms with Crippen LogP contribution in [0.25, 0.3) is 11.1 Å². The van der Waals surface area contributed by atoms with Gasteiger partial charge in [-0.3, -0.25) is 5.41 Å². The zero-order chi connectivity index (χ0) is 22.6. The minimum atomic E-state index is -3.37. The highest BCUT2D eigenvalue weighted by atomic mass is 32.2. The summed E-state index contributed by atoms with van der Waals surface area (Å²) >= 11 is 0. The van der Waals surface area contributed by atoms with E-state index in [0.717, 1.165) is 5.56 Å². The van der Waals surface area contributed by atoms with Gasteiger partial charge in [0, 0.05) is 31.0 Å². The fourth-order valence-corrected chi connectivity index (χ4v) is 4.00. The Kier molecular flexibility index (Phi) is 6.41. The van der Waals surface area contributed by atoms with Crippen LogP contribution in [0.5, 0.6) is 5.75 Å². The molecular formula is C23H23N3O4S. The summed E-state index contributed by atoms with van der Waals surface area (Å²) in [7, 11) is -1.76. The standard InChI is InChI=1S/C23H23N3O4S/c1-26(15-16-6-5-7-18(14-16)22(24)25)23(27)30-19-12-10-17(11-13-19)20-8-3-4-9-21(20)31(2,28)29/h3-14H,15H2,1-2H3,(H3,24,25). The molecule has 31 heavy (non-hydrogen) atoms. The second-order valence-electron chi connectivity index (χ2n) is 7.13. The van der Waals surface area contributed by atoms with Gasteiger partial charge in [-0.2, -0.15) is 0 Å². The maximum absolute atomic E-state index is 12.4. The molecule has 0 bridgehead atoms. The predicted octanol–water partition coefficient (Wildman–Crippen LogP) is 3.67. The molecule has 3 N–H and O–H groups in total. The van der Waals surface area contributed by atoms with Crippen LogP contribution in [-0.2, 0) is 16.4 Å². The summed E-state index contributed by atoms with van der Waals surface area (Å²) in [5.74, 6) is 0.305. The number of sulfone groups is 1. The molecule has 0 saturated carbocycles. The zero-order valence-corrected chi connectivity index (χ0v) is 18.0. The molecule has 0 spiro atoms. The molecule has 0 aliphatic heterocycles. The molecule has 0 aliphatic carbocycles. The molecule has 0 radical (unpaired) electrons. The van der Waals surface area contributed by atoms with Crippen molar-refractivity contribution in [2.24, 2.45) is 5.73 Å². The lowest BCUT2D eigenvalue weighted by atomic mass is 10.1. The van der Waals surface area contributed by atoms with Crippen LogP contribution in [0.15, 0.2) is 77.7 Å². The lowest BCUT2D eigenvalue weighted by Crippen LogP contribution is -2.29. The number of nitrogen functional groups attached to an aromatic ring is 1. The summed E-state index contributed by atoms with van der Waals surface area (Å²) in [6.07, 6.45) is 0.627. The van der Waals surface area contributed by atoms with Crippen molar-refractivity contribution in [2.45, 2.75) is 11.4 Å². The Balaban J connectivity index is 1.71. The number of nitrogens with one attached hydrogen (secondary N) is 1. The number of amides is 1. The highest BCUT2D eigenvalue weighted by molar-refractivity contribution is 7.90. The van der Waals surface area contributed by atoms with Gasteiger partial charge >= 0.3 is 6.09 Å². The van der Waals surface area contributed by atoms with Crippen LogP contribution in [-0.4, -0.2) is 38.6 Å². The molecule has 0 aromatic heterocycles. The minimum Gasteiger partial charge on any atom is -0.410 e. The van der Waals surface area contributed by atoms with Gasteiger partial charge in [0.2, 0.25) is 0 Å². The molecule has 0 heterocycles. The Morgan fingerprint density at radius 3 is 2.35 bits per heavy atom. The number of nitrogens with zero attached hydrogens (tertiary/aromatic N) is 1. The fourth-order valence-electron chi connectivity index (χ4n) is 3.09. The first-order valence-corrected chi connectivity index (χ1v) is 11.3. The average molecular weight is 438 g/mol. The van der Waals surface area contributed by atoms with Crippen molar-refractivity contribution in [3.8, 4) is 16.9 Å². The van der Waals surface area contributed by atoms with Crippen LogP contribution in [0.3, 0.4) is 0 Å². The normalized spacial score (nSPS) is 11.0. The van der Waals surface area contributed by atoms with Crippen LogP contribution >= 0.6 is 0 Å². The molecular weight excluding hydrogens is 414 g/mol. The predicted molar refractivity (Wildman–Crippen MR) is 120 cm³/mol. The highest BCUT2D eigenvalue weighted by Gasteiger charge is 2.15. The molecule has 0 saturated heterocycles. The number of ether oxygens (including phenoxy) is 1. The Labute approximate surface area is 181 Å². The number of carbonyl (C=O) groups is 1. The summed E-state index contributed by atoms with van der Waals surface area (Å²) in [4.78, 5) is 14.1. The SMILES string of the molecule is CN(Cc1cccc(C(=N)N)c1)C(=O)Oc1ccc(-c2ccccc2S(C)(=O)=O)cc1. The minimum absolute atomic E-state index is 0.0374. The third kappa shape index (κ3) is 5.49. The topological polar surface area (TPSA) is 114 Å². The second kappa shape index (κ2) is 9.01. The molecule has 160 valence electrons. The van der Waals surface area contributed by atoms with Gasteiger partial charge < -0.3 is 15.4 Å². The van der Waals surface area contributed by atoms with Crippen LogP contribution in [0.4, 0.5) is 4.79 Å². The number of carbonyl (C=O) groups excluding carboxylic acids is 1. The molecule has 3 rings (SSSR count). The molecule has 7 nitrogen and oxygen atoms in total. The second-order valence-corrected chi connectivity index (χ2v) is 9.11. The first-order valence-electron chi connectivity index (χ1n) is 9.41. The number of nitrogens with two attached hydrogens (primary N) is 1. The van der Waals surface area contributed by atoms with Crippen molar-refractivity contribution in [1.29, 1.82) is 5.41 Å². The Bertz CT molecular complexity index is 1220. The van der Waals surface area contributed by atoms with Crippen LogP contribution in [0, 0.1) is 5.41 Å². The summed E-state index contributed by atoms with van der Waals surface area (Å²) < 4.78 is 29.5. The van der Waals surface area contributed by atoms with Gasteiger partial charge in [0.15, 0.2) is 9.84 Å². The van der Waals surface area contributed by atoms with Crippen LogP contribution in [0.2, 0.25) is 0 Å². The maximum atomic E-state index is 12.4. The van der Waals surface area contributed by atoms with Gasteiger partial charge in [-0.15, -0.1) is 0 Å². The molecule has 3 aromatic carbocycles. The van der Waals surface area contributed by atoms with E-state index in [-0.39, 0.29) is 10.7 Å². The summed E-state index contributed by atoms with van der Waals surface area (Å²) in [5, 5.41) is 7.51. The summed E-state index contributed by atoms with van der Waals surface area (Å²) in [6.45, 7) is 0.291. The first-order chi connectivity index (χ1) is 14.6. The van der Waals surface area contributed by atoms with E-state index < -0.39 is 15.9 Å². The van der Waals surface area contributed by atoms with Crippen molar-refractivity contribution < 1.29 is 17.9 Å². The van der Waals surface area contributed by atoms with E-state index in [1.807, 2.05) is 6.07 Å². The molecule has 0 fully saturated rings. The van der Waals surface area contributed by atoms with E-state index in [4.69, 9.17) is 15.9 Å². The van der Waals surface area contributed by atoms with Gasteiger partial charge in [-0.05, 0) is 35.4 Å². The third-order valence-corrected chi connectivity index (χ3v) is 5.78. The lowest BCUT2D eigenvalue weighted by Gasteiger charge is -2.17. The number of amidine groups is 1. The first kappa shape index (κ1) is 22.0. The molecule has 8 heteroatoms. The van der Waals surface area contributed by atoms with E-state index in [9.17, 15) is 13.2 Å². The van der Waals surface area contributed by atoms with Crippen LogP contribution in [0.1, 0.15) is 11.1 Å². The van der Waals surface area contributed by atoms with Crippen molar-refractivity contribution in [1.82, 2.24) is 4.90 Å². The lowest BCUT2D eigenvalue weighted by molar-refractivity contribution is 0.161. The van der Waals surface area contributed by atoms with E-state index in [1.54, 1.807) is 73.8 Å². The van der Waals surface area contributed by atoms with E-state index in [1.165, 1.54) is 11.2 Å². The van der Waals surface area contributed by atoms with Gasteiger partial charge in [0.25, 0.3) is 0 Å². The summed E-state index contributed by atoms with van der Waals surface area (Å²) in [5.41, 5.74) is 8.21. The molecule has 3 aromatic rings. The fraction of sp³-hybridized carbons (Fsp3) is 0.130. The van der Waals surface area contributed by atoms with Crippen molar-refractivity contribution in [2.75, 3.05) is 13.3 Å². The van der Waals surface area contributed by atoms with E-state index in [2.05, 4.69) is 0 Å². The average Bonchev–Trinajstić information content (AvgIpc) is 2.74. The number of rotatable bonds is 6.